The topological polar surface area (TPSA) is 285 Å². The molecule has 714 valence electrons. The van der Waals surface area contributed by atoms with E-state index in [-0.39, 0.29) is 108 Å². The molecule has 12 aromatic carbocycles. The molecule has 6 aliphatic rings. The van der Waals surface area contributed by atoms with Gasteiger partial charge in [0.2, 0.25) is 0 Å². The molecule has 12 aromatic rings. The largest absolute Gasteiger partial charge is 0.573 e. The van der Waals surface area contributed by atoms with Gasteiger partial charge in [0.25, 0.3) is 0 Å². The zero-order valence-electron chi connectivity index (χ0n) is 70.3. The van der Waals surface area contributed by atoms with E-state index in [9.17, 15) is 39.5 Å². The summed E-state index contributed by atoms with van der Waals surface area (Å²) < 4.78 is 194. The monoisotopic (exact) mass is 2100 g/mol. The van der Waals surface area contributed by atoms with Gasteiger partial charge in [0.1, 0.15) is 105 Å². The fraction of sp³-hybridized carbons (Fsp3) is 0.234. The van der Waals surface area contributed by atoms with Crippen molar-refractivity contribution in [3.8, 4) is 147 Å². The molecule has 0 fully saturated rings. The van der Waals surface area contributed by atoms with Crippen LogP contribution in [0.15, 0.2) is 176 Å². The Balaban J connectivity index is 0.000000137. The number of hydrogen-bond donors (Lipinski definition) is 6. The molecule has 0 saturated carbocycles. The summed E-state index contributed by atoms with van der Waals surface area (Å²) in [5.74, 6) is 3.96. The van der Waals surface area contributed by atoms with Gasteiger partial charge in [-0.25, -0.2) is 13.2 Å². The van der Waals surface area contributed by atoms with Gasteiger partial charge in [-0.15, -0.1) is 13.2 Å². The first-order valence-corrected chi connectivity index (χ1v) is 45.0. The third-order valence-electron chi connectivity index (χ3n) is 20.5. The first-order chi connectivity index (χ1) is 64.4. The molecular weight excluding hydrogens is 2030 g/mol. The number of benzene rings is 12. The summed E-state index contributed by atoms with van der Waals surface area (Å²) in [6.45, 7) is 5.92. The van der Waals surface area contributed by atoms with Crippen LogP contribution in [0, 0.1) is 24.4 Å². The van der Waals surface area contributed by atoms with Gasteiger partial charge < -0.3 is 101 Å². The summed E-state index contributed by atoms with van der Waals surface area (Å²) in [5.41, 5.74) is 39.9. The van der Waals surface area contributed by atoms with Gasteiger partial charge in [-0.2, -0.15) is 13.2 Å². The number of methoxy groups -OCH3 is 1. The van der Waals surface area contributed by atoms with Crippen molar-refractivity contribution in [1.29, 1.82) is 0 Å². The lowest BCUT2D eigenvalue weighted by atomic mass is 10.0. The lowest BCUT2D eigenvalue weighted by Crippen LogP contribution is -2.35. The van der Waals surface area contributed by atoms with Gasteiger partial charge in [-0.1, -0.05) is 212 Å². The summed E-state index contributed by atoms with van der Waals surface area (Å²) in [7, 11) is 1.56. The Hall–Kier alpha value is -9.55. The maximum Gasteiger partial charge on any atom is 0.573 e. The number of fused-ring (bicyclic) bond motifs is 6. The van der Waals surface area contributed by atoms with E-state index in [0.717, 1.165) is 46.5 Å². The maximum absolute atomic E-state index is 13.8. The smallest absolute Gasteiger partial charge is 0.497 e. The second kappa shape index (κ2) is 45.4. The summed E-state index contributed by atoms with van der Waals surface area (Å²) in [6.07, 6.45) is -11.0. The van der Waals surface area contributed by atoms with Crippen molar-refractivity contribution < 1.29 is 106 Å². The standard InChI is InChI=1S/C16H12Cl2F3NO3.C16H12Cl2F3NO2.C16H15Cl2NO3.C16H15Cl2NO2.C15H11Cl2F2NO2.C15H12Cl2FNO2/c17-11-4-8(25-16(19,20)21)5-12(18)14(11)10-2-1-3-13-15(10)24-9(6-22)7-23-13;17-11-4-8(16(19,20)21)5-12(18)14(11)10-2-1-3-13-15(10)24-9(6-22)7-23-13;1-20-9-5-12(17)15(13(18)6-9)11-3-2-4-14-16(11)22-10(7-19)8-21-14;1-9-5-12(17)15(13(18)6-9)11-3-2-4-14-16(11)21-10(7-19)8-20-14;16-13-9(18)4-10(19)14(17)12(13)8-2-1-3-11-15(8)22-7(5-20)6-21-11;16-11-4-8(18)5-12(17)14(11)10-2-1-3-13-15(10)21-9(6-19)7-20-13/h1-5,9H,6-7,22H2;1-5,9H,6-7,22H2;2-6,10H,7-8,19H2,1H3;2-6,10H,7-8,19H2,1H3;1-4,7H,5-6,20H2;1-5,9H,6-7,19H2/t2*9-;2*10-;7-;9-/m000000/s1. The molecule has 0 amide bonds. The molecule has 6 heterocycles. The number of ether oxygens (including phenoxy) is 14. The fourth-order valence-corrected chi connectivity index (χ4v) is 18.2. The van der Waals surface area contributed by atoms with Crippen molar-refractivity contribution in [2.24, 2.45) is 34.4 Å². The minimum Gasteiger partial charge on any atom is -0.497 e. The van der Waals surface area contributed by atoms with Crippen molar-refractivity contribution in [3.63, 3.8) is 0 Å². The van der Waals surface area contributed by atoms with E-state index in [1.54, 1.807) is 92.0 Å². The summed E-state index contributed by atoms with van der Waals surface area (Å²) in [5, 5.41) is 1.74. The number of halogens is 21. The minimum absolute atomic E-state index is 0.0152. The highest BCUT2D eigenvalue weighted by atomic mass is 35.5. The Morgan fingerprint density at radius 2 is 0.526 bits per heavy atom. The van der Waals surface area contributed by atoms with Crippen LogP contribution >= 0.6 is 139 Å². The molecule has 0 bridgehead atoms. The number of hydrogen-bond acceptors (Lipinski definition) is 20. The van der Waals surface area contributed by atoms with E-state index in [2.05, 4.69) is 4.74 Å². The average Bonchev–Trinajstić information content (AvgIpc) is 0.796. The zero-order valence-corrected chi connectivity index (χ0v) is 79.4. The average molecular weight is 2110 g/mol. The van der Waals surface area contributed by atoms with Crippen molar-refractivity contribution in [2.45, 2.75) is 56.1 Å². The molecule has 0 aliphatic carbocycles. The van der Waals surface area contributed by atoms with Crippen LogP contribution in [0.4, 0.5) is 39.5 Å². The number of nitrogens with two attached hydrogens (primary N) is 6. The summed E-state index contributed by atoms with van der Waals surface area (Å²) in [4.78, 5) is 0. The highest BCUT2D eigenvalue weighted by Gasteiger charge is 2.38. The second-order valence-electron chi connectivity index (χ2n) is 29.8. The minimum atomic E-state index is -4.84. The molecule has 6 atom stereocenters. The van der Waals surface area contributed by atoms with E-state index >= 15 is 0 Å². The predicted molar refractivity (Wildman–Crippen MR) is 508 cm³/mol. The molecule has 20 nitrogen and oxygen atoms in total. The van der Waals surface area contributed by atoms with Gasteiger partial charge in [-0.3, -0.25) is 0 Å². The van der Waals surface area contributed by atoms with Gasteiger partial charge in [-0.05, 0) is 110 Å². The molecule has 0 spiro atoms. The van der Waals surface area contributed by atoms with Crippen LogP contribution in [-0.2, 0) is 6.18 Å². The van der Waals surface area contributed by atoms with Crippen LogP contribution in [0.2, 0.25) is 60.3 Å². The van der Waals surface area contributed by atoms with Crippen LogP contribution in [0.3, 0.4) is 0 Å². The molecule has 18 rings (SSSR count). The van der Waals surface area contributed by atoms with Crippen molar-refractivity contribution in [2.75, 3.05) is 86.0 Å². The Bertz CT molecular complexity index is 6080. The molecule has 0 radical (unpaired) electrons. The Kier molecular flexibility index (Phi) is 34.6. The molecule has 0 aromatic heterocycles. The zero-order chi connectivity index (χ0) is 97.2. The van der Waals surface area contributed by atoms with Crippen molar-refractivity contribution >= 4 is 139 Å². The number of para-hydroxylation sites is 6. The van der Waals surface area contributed by atoms with Crippen LogP contribution in [0.25, 0.3) is 66.8 Å². The maximum atomic E-state index is 13.8. The Morgan fingerprint density at radius 3 is 0.756 bits per heavy atom. The predicted octanol–water partition coefficient (Wildman–Crippen LogP) is 25.2. The summed E-state index contributed by atoms with van der Waals surface area (Å²) >= 11 is 74.2. The Morgan fingerprint density at radius 1 is 0.304 bits per heavy atom. The Labute approximate surface area is 827 Å². The van der Waals surface area contributed by atoms with Gasteiger partial charge in [0.05, 0.1) is 72.9 Å². The van der Waals surface area contributed by atoms with Crippen LogP contribution in [0.5, 0.6) is 80.5 Å². The molecular formula is C94H77Cl12F9N6O14. The third-order valence-corrected chi connectivity index (χ3v) is 24.2. The second-order valence-corrected chi connectivity index (χ2v) is 34.6. The number of aryl methyl sites for hydroxylation is 1. The number of alkyl halides is 6. The fourth-order valence-electron chi connectivity index (χ4n) is 14.2. The number of rotatable bonds is 14. The highest BCUT2D eigenvalue weighted by molar-refractivity contribution is 6.43. The molecule has 12 N–H and O–H groups in total. The molecule has 0 unspecified atom stereocenters. The van der Waals surface area contributed by atoms with Crippen LogP contribution in [-0.4, -0.2) is 129 Å². The lowest BCUT2D eigenvalue weighted by molar-refractivity contribution is -0.274. The van der Waals surface area contributed by atoms with Crippen molar-refractivity contribution in [1.82, 2.24) is 0 Å². The van der Waals surface area contributed by atoms with E-state index in [4.69, 9.17) is 235 Å². The van der Waals surface area contributed by atoms with Crippen molar-refractivity contribution in [3.05, 3.63) is 265 Å². The van der Waals surface area contributed by atoms with E-state index in [1.165, 1.54) is 12.1 Å². The van der Waals surface area contributed by atoms with Crippen LogP contribution < -0.4 is 101 Å². The van der Waals surface area contributed by atoms with Gasteiger partial charge in [0.15, 0.2) is 69.0 Å². The van der Waals surface area contributed by atoms with Gasteiger partial charge in [0, 0.05) is 112 Å². The highest BCUT2D eigenvalue weighted by Crippen LogP contribution is 2.55. The SMILES string of the molecule is COc1cc(Cl)c(-c2cccc3c2O[C@@H](CN)CO3)c(Cl)c1.Cc1cc(Cl)c(-c2cccc3c2O[C@@H](CN)CO3)c(Cl)c1.NC[C@H]1COc2cccc(-c3c(Cl)c(F)cc(F)c3Cl)c2O1.NC[C@H]1COc2cccc(-c3c(Cl)cc(C(F)(F)F)cc3Cl)c2O1.NC[C@H]1COc2cccc(-c3c(Cl)cc(F)cc3Cl)c2O1.NC[C@H]1COc2cccc(-c3c(Cl)cc(OC(F)(F)F)cc3Cl)c2O1. The molecule has 41 heteroatoms. The lowest BCUT2D eigenvalue weighted by Gasteiger charge is -2.27. The van der Waals surface area contributed by atoms with E-state index in [1.807, 2.05) is 55.5 Å². The van der Waals surface area contributed by atoms with E-state index < -0.39 is 41.3 Å². The summed E-state index contributed by atoms with van der Waals surface area (Å²) in [6, 6.07) is 45.8. The first kappa shape index (κ1) is 103. The quantitative estimate of drug-likeness (QED) is 0.0436. The van der Waals surface area contributed by atoms with Crippen LogP contribution in [0.1, 0.15) is 11.1 Å². The molecule has 135 heavy (non-hydrogen) atoms. The normalized spacial score (nSPS) is 16.7. The first-order valence-electron chi connectivity index (χ1n) is 40.5. The molecule has 6 aliphatic heterocycles. The third kappa shape index (κ3) is 24.2. The molecule has 0 saturated heterocycles. The van der Waals surface area contributed by atoms with Gasteiger partial charge >= 0.3 is 12.5 Å². The van der Waals surface area contributed by atoms with E-state index in [0.29, 0.717) is 199 Å².